The van der Waals surface area contributed by atoms with Crippen LogP contribution in [0.5, 0.6) is 0 Å². The Kier molecular flexibility index (Phi) is 5.07. The van der Waals surface area contributed by atoms with Gasteiger partial charge in [0.15, 0.2) is 0 Å². The van der Waals surface area contributed by atoms with Crippen molar-refractivity contribution in [2.45, 2.75) is 63.3 Å². The average Bonchev–Trinajstić information content (AvgIpc) is 2.83. The molecule has 0 bridgehead atoms. The smallest absolute Gasteiger partial charge is 0.327 e. The third-order valence-electron chi connectivity index (χ3n) is 4.83. The molecule has 0 spiro atoms. The van der Waals surface area contributed by atoms with E-state index in [1.165, 1.54) is 4.90 Å². The highest BCUT2D eigenvalue weighted by Crippen LogP contribution is 2.36. The first kappa shape index (κ1) is 16.5. The standard InChI is InChI=1S/C15H26N2O3S/c1-15(2)8-5-9-17(12(15)13(18)19)14(20)16-10-6-4-7-11(10)21-3/h10-12H,4-9H2,1-3H3,(H,16,20)(H,18,19). The number of amides is 2. The number of aliphatic carboxylic acids is 1. The number of carboxylic acids is 1. The van der Waals surface area contributed by atoms with Gasteiger partial charge in [0.1, 0.15) is 6.04 Å². The first-order chi connectivity index (χ1) is 9.86. The predicted octanol–water partition coefficient (Wildman–Crippen LogP) is 2.56. The number of carboxylic acid groups (broad SMARTS) is 1. The molecule has 0 aromatic rings. The largest absolute Gasteiger partial charge is 0.480 e. The number of carbonyl (C=O) groups is 2. The molecule has 6 heteroatoms. The maximum absolute atomic E-state index is 12.6. The fraction of sp³-hybridized carbons (Fsp3) is 0.867. The Bertz CT molecular complexity index is 414. The molecule has 0 aromatic heterocycles. The van der Waals surface area contributed by atoms with Crippen molar-refractivity contribution in [3.8, 4) is 0 Å². The van der Waals surface area contributed by atoms with Gasteiger partial charge >= 0.3 is 12.0 Å². The van der Waals surface area contributed by atoms with Crippen molar-refractivity contribution in [2.75, 3.05) is 12.8 Å². The van der Waals surface area contributed by atoms with Crippen molar-refractivity contribution in [3.63, 3.8) is 0 Å². The van der Waals surface area contributed by atoms with Gasteiger partial charge in [-0.2, -0.15) is 11.8 Å². The zero-order chi connectivity index (χ0) is 15.6. The molecule has 1 aliphatic carbocycles. The maximum Gasteiger partial charge on any atom is 0.327 e. The third-order valence-corrected chi connectivity index (χ3v) is 6.00. The topological polar surface area (TPSA) is 69.6 Å². The van der Waals surface area contributed by atoms with Gasteiger partial charge in [0.05, 0.1) is 0 Å². The van der Waals surface area contributed by atoms with Gasteiger partial charge in [0.2, 0.25) is 0 Å². The van der Waals surface area contributed by atoms with E-state index in [1.54, 1.807) is 11.8 Å². The predicted molar refractivity (Wildman–Crippen MR) is 84.6 cm³/mol. The number of nitrogens with zero attached hydrogens (tertiary/aromatic N) is 1. The monoisotopic (exact) mass is 314 g/mol. The SMILES string of the molecule is CSC1CCCC1NC(=O)N1CCCC(C)(C)C1C(=O)O. The van der Waals surface area contributed by atoms with Gasteiger partial charge in [-0.25, -0.2) is 9.59 Å². The first-order valence-corrected chi connectivity index (χ1v) is 8.98. The lowest BCUT2D eigenvalue weighted by molar-refractivity contribution is -0.148. The van der Waals surface area contributed by atoms with E-state index in [4.69, 9.17) is 0 Å². The summed E-state index contributed by atoms with van der Waals surface area (Å²) in [6.07, 6.45) is 7.02. The fourth-order valence-electron chi connectivity index (χ4n) is 3.69. The summed E-state index contributed by atoms with van der Waals surface area (Å²) >= 11 is 1.79. The van der Waals surface area contributed by atoms with E-state index in [9.17, 15) is 14.7 Å². The Morgan fingerprint density at radius 1 is 1.29 bits per heavy atom. The van der Waals surface area contributed by atoms with E-state index in [1.807, 2.05) is 13.8 Å². The molecule has 2 amide bonds. The van der Waals surface area contributed by atoms with Crippen LogP contribution in [0.3, 0.4) is 0 Å². The molecule has 0 aromatic carbocycles. The number of likely N-dealkylation sites (tertiary alicyclic amines) is 1. The number of thioether (sulfide) groups is 1. The van der Waals surface area contributed by atoms with E-state index in [0.717, 1.165) is 32.1 Å². The average molecular weight is 314 g/mol. The van der Waals surface area contributed by atoms with Gasteiger partial charge in [-0.15, -0.1) is 0 Å². The quantitative estimate of drug-likeness (QED) is 0.840. The van der Waals surface area contributed by atoms with Crippen LogP contribution in [0, 0.1) is 5.41 Å². The minimum absolute atomic E-state index is 0.173. The van der Waals surface area contributed by atoms with Crippen LogP contribution < -0.4 is 5.32 Å². The second kappa shape index (κ2) is 6.46. The van der Waals surface area contributed by atoms with E-state index in [0.29, 0.717) is 11.8 Å². The van der Waals surface area contributed by atoms with Crippen molar-refractivity contribution >= 4 is 23.8 Å². The Morgan fingerprint density at radius 2 is 2.00 bits per heavy atom. The van der Waals surface area contributed by atoms with Crippen molar-refractivity contribution in [3.05, 3.63) is 0 Å². The highest BCUT2D eigenvalue weighted by Gasteiger charge is 2.45. The summed E-state index contributed by atoms with van der Waals surface area (Å²) in [5, 5.41) is 13.1. The molecule has 1 saturated heterocycles. The van der Waals surface area contributed by atoms with Crippen LogP contribution in [0.1, 0.15) is 46.0 Å². The van der Waals surface area contributed by atoms with Crippen molar-refractivity contribution in [1.29, 1.82) is 0 Å². The summed E-state index contributed by atoms with van der Waals surface area (Å²) in [5.41, 5.74) is -0.379. The number of urea groups is 1. The van der Waals surface area contributed by atoms with E-state index in [2.05, 4.69) is 11.6 Å². The molecule has 21 heavy (non-hydrogen) atoms. The van der Waals surface area contributed by atoms with E-state index in [-0.39, 0.29) is 17.5 Å². The summed E-state index contributed by atoms with van der Waals surface area (Å²) in [6, 6.07) is -0.770. The van der Waals surface area contributed by atoms with Crippen molar-refractivity contribution in [2.24, 2.45) is 5.41 Å². The molecule has 5 nitrogen and oxygen atoms in total. The zero-order valence-corrected chi connectivity index (χ0v) is 13.9. The number of carbonyl (C=O) groups excluding carboxylic acids is 1. The molecule has 1 saturated carbocycles. The van der Waals surface area contributed by atoms with Crippen LogP contribution in [-0.4, -0.2) is 52.1 Å². The lowest BCUT2D eigenvalue weighted by atomic mass is 9.76. The highest BCUT2D eigenvalue weighted by molar-refractivity contribution is 7.99. The van der Waals surface area contributed by atoms with Gasteiger partial charge in [-0.1, -0.05) is 20.3 Å². The molecule has 1 aliphatic heterocycles. The molecular weight excluding hydrogens is 288 g/mol. The number of rotatable bonds is 3. The highest BCUT2D eigenvalue weighted by atomic mass is 32.2. The molecule has 1 heterocycles. The summed E-state index contributed by atoms with van der Waals surface area (Å²) in [5.74, 6) is -0.900. The van der Waals surface area contributed by atoms with Crippen LogP contribution in [0.4, 0.5) is 4.79 Å². The van der Waals surface area contributed by atoms with Gasteiger partial charge in [-0.3, -0.25) is 0 Å². The molecule has 2 aliphatic rings. The van der Waals surface area contributed by atoms with Crippen LogP contribution >= 0.6 is 11.8 Å². The number of nitrogens with one attached hydrogen (secondary N) is 1. The van der Waals surface area contributed by atoms with Crippen LogP contribution in [0.25, 0.3) is 0 Å². The van der Waals surface area contributed by atoms with Crippen LogP contribution in [-0.2, 0) is 4.79 Å². The molecule has 2 rings (SSSR count). The molecule has 120 valence electrons. The number of piperidine rings is 1. The van der Waals surface area contributed by atoms with Gasteiger partial charge < -0.3 is 15.3 Å². The molecule has 0 radical (unpaired) electrons. The van der Waals surface area contributed by atoms with E-state index >= 15 is 0 Å². The minimum Gasteiger partial charge on any atom is -0.480 e. The van der Waals surface area contributed by atoms with E-state index < -0.39 is 12.0 Å². The third kappa shape index (κ3) is 3.47. The number of hydrogen-bond donors (Lipinski definition) is 2. The molecular formula is C15H26N2O3S. The fourth-order valence-corrected chi connectivity index (χ4v) is 4.63. The lowest BCUT2D eigenvalue weighted by Crippen LogP contribution is -2.60. The van der Waals surface area contributed by atoms with Gasteiger partial charge in [0, 0.05) is 17.8 Å². The maximum atomic E-state index is 12.6. The normalized spacial score (nSPS) is 32.0. The summed E-state index contributed by atoms with van der Waals surface area (Å²) < 4.78 is 0. The summed E-state index contributed by atoms with van der Waals surface area (Å²) in [7, 11) is 0. The Labute approximate surface area is 130 Å². The number of hydrogen-bond acceptors (Lipinski definition) is 3. The van der Waals surface area contributed by atoms with Crippen LogP contribution in [0.15, 0.2) is 0 Å². The second-order valence-electron chi connectivity index (χ2n) is 6.79. The zero-order valence-electron chi connectivity index (χ0n) is 13.1. The summed E-state index contributed by atoms with van der Waals surface area (Å²) in [6.45, 7) is 4.40. The van der Waals surface area contributed by atoms with Gasteiger partial charge in [-0.05, 0) is 37.4 Å². The van der Waals surface area contributed by atoms with Crippen molar-refractivity contribution < 1.29 is 14.7 Å². The van der Waals surface area contributed by atoms with Crippen molar-refractivity contribution in [1.82, 2.24) is 10.2 Å². The molecule has 3 unspecified atom stereocenters. The van der Waals surface area contributed by atoms with Crippen LogP contribution in [0.2, 0.25) is 0 Å². The second-order valence-corrected chi connectivity index (χ2v) is 7.86. The Balaban J connectivity index is 2.07. The Morgan fingerprint density at radius 3 is 2.62 bits per heavy atom. The minimum atomic E-state index is -0.900. The lowest BCUT2D eigenvalue weighted by Gasteiger charge is -2.44. The first-order valence-electron chi connectivity index (χ1n) is 7.69. The Hall–Kier alpha value is -0.910. The summed E-state index contributed by atoms with van der Waals surface area (Å²) in [4.78, 5) is 25.7. The van der Waals surface area contributed by atoms with Gasteiger partial charge in [0.25, 0.3) is 0 Å². The molecule has 3 atom stereocenters. The molecule has 2 N–H and O–H groups in total. The molecule has 2 fully saturated rings.